The Morgan fingerprint density at radius 1 is 1.26 bits per heavy atom. The van der Waals surface area contributed by atoms with Crippen LogP contribution in [-0.4, -0.2) is 31.2 Å². The minimum absolute atomic E-state index is 0.0484. The lowest BCUT2D eigenvalue weighted by Gasteiger charge is -2.17. The third-order valence-corrected chi connectivity index (χ3v) is 8.09. The van der Waals surface area contributed by atoms with Gasteiger partial charge < -0.3 is 5.32 Å². The number of carbonyl (C=O) groups is 1. The SMILES string of the molecule is Cc1cccc(C)c1NC(=O)CSc1nnc2c3c4c(sc3nc(C)n12)CC(C)CC4. The third kappa shape index (κ3) is 3.61. The highest BCUT2D eigenvalue weighted by Gasteiger charge is 2.25. The summed E-state index contributed by atoms with van der Waals surface area (Å²) in [7, 11) is 0. The Bertz CT molecular complexity index is 1300. The quantitative estimate of drug-likeness (QED) is 0.436. The molecule has 6 nitrogen and oxygen atoms in total. The number of nitrogens with one attached hydrogen (secondary N) is 1. The summed E-state index contributed by atoms with van der Waals surface area (Å²) >= 11 is 3.20. The molecule has 0 saturated carbocycles. The molecule has 0 aliphatic heterocycles. The molecular formula is C23H25N5OS2. The lowest BCUT2D eigenvalue weighted by Crippen LogP contribution is -2.16. The molecule has 1 atom stereocenters. The van der Waals surface area contributed by atoms with Gasteiger partial charge in [0, 0.05) is 10.6 Å². The summed E-state index contributed by atoms with van der Waals surface area (Å²) in [6.45, 7) is 8.31. The van der Waals surface area contributed by atoms with Crippen LogP contribution in [0.4, 0.5) is 5.69 Å². The molecule has 3 heterocycles. The molecule has 0 bridgehead atoms. The van der Waals surface area contributed by atoms with Gasteiger partial charge in [-0.3, -0.25) is 9.20 Å². The van der Waals surface area contributed by atoms with Crippen molar-refractivity contribution in [2.24, 2.45) is 5.92 Å². The fourth-order valence-electron chi connectivity index (χ4n) is 4.38. The maximum Gasteiger partial charge on any atom is 0.234 e. The molecule has 4 aromatic rings. The van der Waals surface area contributed by atoms with Crippen molar-refractivity contribution in [2.45, 2.75) is 52.1 Å². The zero-order chi connectivity index (χ0) is 21.7. The van der Waals surface area contributed by atoms with Crippen LogP contribution in [0, 0.1) is 26.7 Å². The standard InChI is InChI=1S/C23H25N5OS2/c1-12-8-9-16-17(10-12)31-22-19(16)21-26-27-23(28(21)15(4)24-22)30-11-18(29)25-20-13(2)6-5-7-14(20)3/h5-7,12H,8-11H2,1-4H3,(H,25,29). The molecule has 1 unspecified atom stereocenters. The van der Waals surface area contributed by atoms with Crippen LogP contribution in [0.1, 0.15) is 40.7 Å². The summed E-state index contributed by atoms with van der Waals surface area (Å²) in [6.07, 6.45) is 3.40. The van der Waals surface area contributed by atoms with E-state index in [0.29, 0.717) is 5.16 Å². The number of benzene rings is 1. The van der Waals surface area contributed by atoms with Crippen LogP contribution in [0.2, 0.25) is 0 Å². The Morgan fingerprint density at radius 2 is 2.03 bits per heavy atom. The zero-order valence-electron chi connectivity index (χ0n) is 18.2. The molecular weight excluding hydrogens is 426 g/mol. The molecule has 8 heteroatoms. The normalized spacial score (nSPS) is 16.1. The number of amides is 1. The minimum Gasteiger partial charge on any atom is -0.325 e. The van der Waals surface area contributed by atoms with Gasteiger partial charge in [-0.15, -0.1) is 21.5 Å². The predicted octanol–water partition coefficient (Wildman–Crippen LogP) is 5.12. The van der Waals surface area contributed by atoms with Crippen LogP contribution in [0.5, 0.6) is 0 Å². The van der Waals surface area contributed by atoms with Crippen molar-refractivity contribution >= 4 is 50.6 Å². The van der Waals surface area contributed by atoms with Crippen LogP contribution < -0.4 is 5.32 Å². The fourth-order valence-corrected chi connectivity index (χ4v) is 6.58. The van der Waals surface area contributed by atoms with Crippen molar-refractivity contribution in [2.75, 3.05) is 11.1 Å². The van der Waals surface area contributed by atoms with Gasteiger partial charge in [-0.05, 0) is 62.6 Å². The van der Waals surface area contributed by atoms with Crippen molar-refractivity contribution < 1.29 is 4.79 Å². The number of thioether (sulfide) groups is 1. The maximum absolute atomic E-state index is 12.6. The minimum atomic E-state index is -0.0484. The molecule has 1 amide bonds. The number of fused-ring (bicyclic) bond motifs is 5. The van der Waals surface area contributed by atoms with E-state index in [-0.39, 0.29) is 11.7 Å². The Labute approximate surface area is 189 Å². The van der Waals surface area contributed by atoms with Gasteiger partial charge in [-0.1, -0.05) is 36.9 Å². The second-order valence-electron chi connectivity index (χ2n) is 8.44. The van der Waals surface area contributed by atoms with Gasteiger partial charge >= 0.3 is 0 Å². The molecule has 1 aliphatic carbocycles. The molecule has 1 N–H and O–H groups in total. The monoisotopic (exact) mass is 451 g/mol. The summed E-state index contributed by atoms with van der Waals surface area (Å²) in [6, 6.07) is 6.01. The highest BCUT2D eigenvalue weighted by molar-refractivity contribution is 7.99. The van der Waals surface area contributed by atoms with Gasteiger partial charge in [0.25, 0.3) is 0 Å². The molecule has 1 aliphatic rings. The van der Waals surface area contributed by atoms with E-state index < -0.39 is 0 Å². The lowest BCUT2D eigenvalue weighted by atomic mass is 9.89. The fraction of sp³-hybridized carbons (Fsp3) is 0.391. The largest absolute Gasteiger partial charge is 0.325 e. The van der Waals surface area contributed by atoms with E-state index in [1.54, 1.807) is 11.3 Å². The smallest absolute Gasteiger partial charge is 0.234 e. The molecule has 31 heavy (non-hydrogen) atoms. The number of anilines is 1. The summed E-state index contributed by atoms with van der Waals surface area (Å²) in [5, 5.41) is 13.9. The number of aryl methyl sites for hydroxylation is 4. The molecule has 0 radical (unpaired) electrons. The van der Waals surface area contributed by atoms with E-state index >= 15 is 0 Å². The molecule has 1 aromatic carbocycles. The van der Waals surface area contributed by atoms with Gasteiger partial charge in [0.1, 0.15) is 10.7 Å². The number of carbonyl (C=O) groups excluding carboxylic acids is 1. The number of nitrogens with zero attached hydrogens (tertiary/aromatic N) is 4. The Hall–Kier alpha value is -2.45. The van der Waals surface area contributed by atoms with Gasteiger partial charge in [-0.25, -0.2) is 4.98 Å². The van der Waals surface area contributed by atoms with Crippen LogP contribution in [0.15, 0.2) is 23.4 Å². The maximum atomic E-state index is 12.6. The topological polar surface area (TPSA) is 72.2 Å². The van der Waals surface area contributed by atoms with E-state index in [2.05, 4.69) is 22.4 Å². The van der Waals surface area contributed by atoms with Crippen LogP contribution in [-0.2, 0) is 17.6 Å². The first-order valence-electron chi connectivity index (χ1n) is 10.6. The average Bonchev–Trinajstić information content (AvgIpc) is 3.30. The van der Waals surface area contributed by atoms with Crippen molar-refractivity contribution in [1.82, 2.24) is 19.6 Å². The molecule has 0 saturated heterocycles. The molecule has 3 aromatic heterocycles. The van der Waals surface area contributed by atoms with E-state index in [1.165, 1.54) is 28.6 Å². The Kier molecular flexibility index (Phi) is 5.22. The van der Waals surface area contributed by atoms with E-state index in [1.807, 2.05) is 43.4 Å². The second kappa shape index (κ2) is 7.91. The first-order valence-corrected chi connectivity index (χ1v) is 12.4. The summed E-state index contributed by atoms with van der Waals surface area (Å²) in [4.78, 5) is 20.0. The lowest BCUT2D eigenvalue weighted by molar-refractivity contribution is -0.113. The molecule has 0 fully saturated rings. The van der Waals surface area contributed by atoms with Crippen molar-refractivity contribution in [3.05, 3.63) is 45.6 Å². The number of hydrogen-bond acceptors (Lipinski definition) is 6. The number of hydrogen-bond donors (Lipinski definition) is 1. The summed E-state index contributed by atoms with van der Waals surface area (Å²) < 4.78 is 2.00. The zero-order valence-corrected chi connectivity index (χ0v) is 19.8. The number of rotatable bonds is 4. The van der Waals surface area contributed by atoms with Crippen LogP contribution >= 0.6 is 23.1 Å². The van der Waals surface area contributed by atoms with Crippen molar-refractivity contribution in [3.8, 4) is 0 Å². The molecule has 0 spiro atoms. The van der Waals surface area contributed by atoms with Gasteiger partial charge in [0.05, 0.1) is 11.1 Å². The van der Waals surface area contributed by atoms with Gasteiger partial charge in [-0.2, -0.15) is 0 Å². The molecule has 160 valence electrons. The first kappa shape index (κ1) is 20.5. The number of para-hydroxylation sites is 1. The highest BCUT2D eigenvalue weighted by atomic mass is 32.2. The summed E-state index contributed by atoms with van der Waals surface area (Å²) in [5.41, 5.74) is 5.27. The Balaban J connectivity index is 1.43. The number of aromatic nitrogens is 4. The first-order chi connectivity index (χ1) is 14.9. The van der Waals surface area contributed by atoms with Gasteiger partial charge in [0.15, 0.2) is 10.8 Å². The average molecular weight is 452 g/mol. The predicted molar refractivity (Wildman–Crippen MR) is 127 cm³/mol. The summed E-state index contributed by atoms with van der Waals surface area (Å²) in [5.74, 6) is 1.80. The van der Waals surface area contributed by atoms with E-state index in [9.17, 15) is 4.79 Å². The van der Waals surface area contributed by atoms with Crippen LogP contribution in [0.25, 0.3) is 15.9 Å². The Morgan fingerprint density at radius 3 is 2.81 bits per heavy atom. The number of thiophene rings is 1. The second-order valence-corrected chi connectivity index (χ2v) is 10.5. The van der Waals surface area contributed by atoms with Crippen LogP contribution in [0.3, 0.4) is 0 Å². The highest BCUT2D eigenvalue weighted by Crippen LogP contribution is 2.39. The van der Waals surface area contributed by atoms with Crippen molar-refractivity contribution in [1.29, 1.82) is 0 Å². The van der Waals surface area contributed by atoms with E-state index in [4.69, 9.17) is 4.98 Å². The van der Waals surface area contributed by atoms with E-state index in [0.717, 1.165) is 57.3 Å². The van der Waals surface area contributed by atoms with Crippen molar-refractivity contribution in [3.63, 3.8) is 0 Å². The third-order valence-electron chi connectivity index (χ3n) is 6.01. The van der Waals surface area contributed by atoms with Gasteiger partial charge in [0.2, 0.25) is 5.91 Å². The molecule has 5 rings (SSSR count).